The van der Waals surface area contributed by atoms with Crippen LogP contribution >= 0.6 is 0 Å². The molecule has 0 saturated carbocycles. The van der Waals surface area contributed by atoms with E-state index in [1.54, 1.807) is 13.2 Å². The van der Waals surface area contributed by atoms with Crippen molar-refractivity contribution in [3.05, 3.63) is 42.2 Å². The van der Waals surface area contributed by atoms with Gasteiger partial charge in [0, 0.05) is 31.6 Å². The van der Waals surface area contributed by atoms with Gasteiger partial charge in [-0.25, -0.2) is 0 Å². The minimum atomic E-state index is -0.187. The van der Waals surface area contributed by atoms with Gasteiger partial charge in [0.1, 0.15) is 11.5 Å². The SMILES string of the molecule is CN(CCC(N)=NO)C(=O)c1nccc2ccccc12. The lowest BCUT2D eigenvalue weighted by Gasteiger charge is -2.17. The molecule has 2 aromatic rings. The van der Waals surface area contributed by atoms with Crippen molar-refractivity contribution < 1.29 is 10.0 Å². The lowest BCUT2D eigenvalue weighted by Crippen LogP contribution is -2.31. The maximum atomic E-state index is 12.4. The van der Waals surface area contributed by atoms with Crippen LogP contribution < -0.4 is 5.73 Å². The number of carbonyl (C=O) groups excluding carboxylic acids is 1. The fourth-order valence-electron chi connectivity index (χ4n) is 1.90. The van der Waals surface area contributed by atoms with Crippen molar-refractivity contribution in [3.8, 4) is 0 Å². The summed E-state index contributed by atoms with van der Waals surface area (Å²) in [5.41, 5.74) is 5.80. The van der Waals surface area contributed by atoms with Gasteiger partial charge in [0.2, 0.25) is 0 Å². The molecule has 2 rings (SSSR count). The van der Waals surface area contributed by atoms with Gasteiger partial charge in [-0.15, -0.1) is 0 Å². The van der Waals surface area contributed by atoms with Crippen molar-refractivity contribution in [2.24, 2.45) is 10.9 Å². The Morgan fingerprint density at radius 2 is 2.15 bits per heavy atom. The molecule has 0 aliphatic rings. The van der Waals surface area contributed by atoms with E-state index in [4.69, 9.17) is 10.9 Å². The second-order valence-corrected chi connectivity index (χ2v) is 4.45. The lowest BCUT2D eigenvalue weighted by molar-refractivity contribution is 0.0795. The third kappa shape index (κ3) is 2.85. The van der Waals surface area contributed by atoms with Crippen LogP contribution in [0.2, 0.25) is 0 Å². The zero-order valence-electron chi connectivity index (χ0n) is 11.2. The standard InChI is InChI=1S/C14H16N4O2/c1-18(9-7-12(15)17-20)14(19)13-11-5-3-2-4-10(11)6-8-16-13/h2-6,8,20H,7,9H2,1H3,(H2,15,17). The van der Waals surface area contributed by atoms with Crippen molar-refractivity contribution in [2.45, 2.75) is 6.42 Å². The number of amidine groups is 1. The van der Waals surface area contributed by atoms with Crippen molar-refractivity contribution in [1.29, 1.82) is 0 Å². The molecule has 0 aliphatic heterocycles. The van der Waals surface area contributed by atoms with Crippen molar-refractivity contribution >= 4 is 22.5 Å². The van der Waals surface area contributed by atoms with Crippen molar-refractivity contribution in [3.63, 3.8) is 0 Å². The third-order valence-electron chi connectivity index (χ3n) is 3.05. The fraction of sp³-hybridized carbons (Fsp3) is 0.214. The maximum absolute atomic E-state index is 12.4. The molecular formula is C14H16N4O2. The monoisotopic (exact) mass is 272 g/mol. The molecule has 20 heavy (non-hydrogen) atoms. The van der Waals surface area contributed by atoms with E-state index >= 15 is 0 Å². The number of benzene rings is 1. The fourth-order valence-corrected chi connectivity index (χ4v) is 1.90. The molecule has 104 valence electrons. The molecule has 0 atom stereocenters. The van der Waals surface area contributed by atoms with Gasteiger partial charge < -0.3 is 15.8 Å². The Morgan fingerprint density at radius 3 is 2.90 bits per heavy atom. The summed E-state index contributed by atoms with van der Waals surface area (Å²) in [6.07, 6.45) is 1.93. The molecule has 6 heteroatoms. The summed E-state index contributed by atoms with van der Waals surface area (Å²) in [6.45, 7) is 0.361. The second-order valence-electron chi connectivity index (χ2n) is 4.45. The highest BCUT2D eigenvalue weighted by atomic mass is 16.4. The Hall–Kier alpha value is -2.63. The molecule has 1 heterocycles. The lowest BCUT2D eigenvalue weighted by atomic mass is 10.1. The van der Waals surface area contributed by atoms with E-state index in [1.807, 2.05) is 30.3 Å². The Balaban J connectivity index is 2.23. The highest BCUT2D eigenvalue weighted by Gasteiger charge is 2.16. The normalized spacial score (nSPS) is 11.6. The van der Waals surface area contributed by atoms with Gasteiger partial charge in [0.25, 0.3) is 5.91 Å². The summed E-state index contributed by atoms with van der Waals surface area (Å²) in [5, 5.41) is 13.2. The first kappa shape index (κ1) is 13.8. The highest BCUT2D eigenvalue weighted by molar-refractivity contribution is 6.05. The van der Waals surface area contributed by atoms with Gasteiger partial charge >= 0.3 is 0 Å². The zero-order chi connectivity index (χ0) is 14.5. The smallest absolute Gasteiger partial charge is 0.272 e. The average molecular weight is 272 g/mol. The number of nitrogens with zero attached hydrogens (tertiary/aromatic N) is 3. The predicted molar refractivity (Wildman–Crippen MR) is 76.7 cm³/mol. The van der Waals surface area contributed by atoms with E-state index in [0.717, 1.165) is 10.8 Å². The minimum absolute atomic E-state index is 0.0931. The van der Waals surface area contributed by atoms with Crippen molar-refractivity contribution in [1.82, 2.24) is 9.88 Å². The van der Waals surface area contributed by atoms with E-state index in [-0.39, 0.29) is 11.7 Å². The number of nitrogens with two attached hydrogens (primary N) is 1. The van der Waals surface area contributed by atoms with Crippen molar-refractivity contribution in [2.75, 3.05) is 13.6 Å². The van der Waals surface area contributed by atoms with Crippen LogP contribution in [0.15, 0.2) is 41.7 Å². The number of fused-ring (bicyclic) bond motifs is 1. The Morgan fingerprint density at radius 1 is 1.40 bits per heavy atom. The quantitative estimate of drug-likeness (QED) is 0.381. The number of hydrogen-bond donors (Lipinski definition) is 2. The van der Waals surface area contributed by atoms with Crippen LogP contribution in [-0.4, -0.2) is 40.4 Å². The van der Waals surface area contributed by atoms with Crippen LogP contribution in [0.3, 0.4) is 0 Å². The van der Waals surface area contributed by atoms with Crippen LogP contribution in [0, 0.1) is 0 Å². The summed E-state index contributed by atoms with van der Waals surface area (Å²) >= 11 is 0. The van der Waals surface area contributed by atoms with Gasteiger partial charge in [-0.2, -0.15) is 0 Å². The first-order valence-electron chi connectivity index (χ1n) is 6.19. The number of pyridine rings is 1. The Kier molecular flexibility index (Phi) is 4.14. The van der Waals surface area contributed by atoms with E-state index < -0.39 is 0 Å². The van der Waals surface area contributed by atoms with Gasteiger partial charge in [0.05, 0.1) is 0 Å². The first-order valence-corrected chi connectivity index (χ1v) is 6.19. The zero-order valence-corrected chi connectivity index (χ0v) is 11.2. The molecule has 0 saturated heterocycles. The molecule has 0 bridgehead atoms. The molecule has 6 nitrogen and oxygen atoms in total. The highest BCUT2D eigenvalue weighted by Crippen LogP contribution is 2.17. The minimum Gasteiger partial charge on any atom is -0.409 e. The number of carbonyl (C=O) groups is 1. The predicted octanol–water partition coefficient (Wildman–Crippen LogP) is 1.44. The molecule has 1 amide bonds. The third-order valence-corrected chi connectivity index (χ3v) is 3.05. The molecule has 0 aliphatic carbocycles. The van der Waals surface area contributed by atoms with Crippen LogP contribution in [0.5, 0.6) is 0 Å². The topological polar surface area (TPSA) is 91.8 Å². The first-order chi connectivity index (χ1) is 9.63. The molecule has 1 aromatic heterocycles. The second kappa shape index (κ2) is 6.01. The van der Waals surface area contributed by atoms with E-state index in [0.29, 0.717) is 18.7 Å². The molecule has 0 unspecified atom stereocenters. The largest absolute Gasteiger partial charge is 0.409 e. The number of rotatable bonds is 4. The van der Waals surface area contributed by atoms with Crippen LogP contribution in [0.1, 0.15) is 16.9 Å². The van der Waals surface area contributed by atoms with E-state index in [2.05, 4.69) is 10.1 Å². The van der Waals surface area contributed by atoms with Gasteiger partial charge in [-0.3, -0.25) is 9.78 Å². The number of oxime groups is 1. The number of aromatic nitrogens is 1. The van der Waals surface area contributed by atoms with Crippen LogP contribution in [0.25, 0.3) is 10.8 Å². The summed E-state index contributed by atoms with van der Waals surface area (Å²) in [4.78, 5) is 18.1. The Bertz CT molecular complexity index is 649. The van der Waals surface area contributed by atoms with Crippen LogP contribution in [0.4, 0.5) is 0 Å². The average Bonchev–Trinajstić information content (AvgIpc) is 2.50. The maximum Gasteiger partial charge on any atom is 0.272 e. The van der Waals surface area contributed by atoms with E-state index in [1.165, 1.54) is 4.90 Å². The summed E-state index contributed by atoms with van der Waals surface area (Å²) in [5.74, 6) is -0.0944. The summed E-state index contributed by atoms with van der Waals surface area (Å²) in [7, 11) is 1.66. The molecule has 0 spiro atoms. The van der Waals surface area contributed by atoms with Crippen LogP contribution in [-0.2, 0) is 0 Å². The van der Waals surface area contributed by atoms with Gasteiger partial charge in [-0.1, -0.05) is 29.4 Å². The number of hydrogen-bond acceptors (Lipinski definition) is 4. The molecular weight excluding hydrogens is 256 g/mol. The molecule has 3 N–H and O–H groups in total. The Labute approximate surface area is 116 Å². The summed E-state index contributed by atoms with van der Waals surface area (Å²) in [6, 6.07) is 9.45. The molecule has 0 fully saturated rings. The number of amides is 1. The summed E-state index contributed by atoms with van der Waals surface area (Å²) < 4.78 is 0. The van der Waals surface area contributed by atoms with Gasteiger partial charge in [-0.05, 0) is 11.5 Å². The molecule has 1 aromatic carbocycles. The van der Waals surface area contributed by atoms with E-state index in [9.17, 15) is 4.79 Å². The van der Waals surface area contributed by atoms with Gasteiger partial charge in [0.15, 0.2) is 0 Å². The molecule has 0 radical (unpaired) electrons.